The highest BCUT2D eigenvalue weighted by Crippen LogP contribution is 2.28. The molecule has 0 aliphatic rings. The second-order valence-electron chi connectivity index (χ2n) is 5.06. The number of nitrogens with one attached hydrogen (secondary N) is 2. The normalized spacial score (nSPS) is 11.5. The molecule has 2 aromatic rings. The van der Waals surface area contributed by atoms with Crippen molar-refractivity contribution in [2.75, 3.05) is 10.1 Å². The van der Waals surface area contributed by atoms with Gasteiger partial charge in [-0.15, -0.1) is 0 Å². The van der Waals surface area contributed by atoms with E-state index in [2.05, 4.69) is 10.5 Å². The molecule has 0 radical (unpaired) electrons. The van der Waals surface area contributed by atoms with Gasteiger partial charge in [-0.05, 0) is 49.4 Å². The lowest BCUT2D eigenvalue weighted by Crippen LogP contribution is -2.30. The molecule has 0 bridgehead atoms. The Hall–Kier alpha value is -2.33. The van der Waals surface area contributed by atoms with Crippen LogP contribution in [0.15, 0.2) is 47.6 Å². The molecule has 2 N–H and O–H groups in total. The van der Waals surface area contributed by atoms with E-state index in [1.54, 1.807) is 0 Å². The van der Waals surface area contributed by atoms with E-state index in [9.17, 15) is 26.0 Å². The van der Waals surface area contributed by atoms with Crippen LogP contribution in [0.5, 0.6) is 0 Å². The Labute approximate surface area is 179 Å². The van der Waals surface area contributed by atoms with Crippen molar-refractivity contribution < 1.29 is 26.0 Å². The Morgan fingerprint density at radius 1 is 1.00 bits per heavy atom. The zero-order valence-electron chi connectivity index (χ0n) is 17.1. The molecule has 0 heterocycles. The lowest BCUT2D eigenvalue weighted by molar-refractivity contribution is -0.0429. The molecule has 0 atom stereocenters. The molecule has 2 aromatic carbocycles. The number of benzene rings is 2. The molecule has 0 unspecified atom stereocenters. The fourth-order valence-corrected chi connectivity index (χ4v) is 2.60. The second-order valence-corrected chi connectivity index (χ2v) is 7.17. The van der Waals surface area contributed by atoms with Gasteiger partial charge in [-0.1, -0.05) is 39.3 Å². The number of hydrogen-bond acceptors (Lipinski definition) is 4. The van der Waals surface area contributed by atoms with Crippen molar-refractivity contribution in [3.63, 3.8) is 0 Å². The lowest BCUT2D eigenvalue weighted by Gasteiger charge is -2.14. The molecule has 0 fully saturated rings. The Bertz CT molecular complexity index is 932. The first kappa shape index (κ1) is 27.7. The molecule has 2 rings (SSSR count). The van der Waals surface area contributed by atoms with Gasteiger partial charge in [0.25, 0.3) is 0 Å². The van der Waals surface area contributed by atoms with Crippen LogP contribution in [0, 0.1) is 5.82 Å². The Morgan fingerprint density at radius 2 is 1.53 bits per heavy atom. The van der Waals surface area contributed by atoms with Crippen molar-refractivity contribution in [2.24, 2.45) is 5.10 Å². The highest BCUT2D eigenvalue weighted by Gasteiger charge is 2.46. The molecule has 168 valence electrons. The van der Waals surface area contributed by atoms with Crippen molar-refractivity contribution in [3.8, 4) is 0 Å². The van der Waals surface area contributed by atoms with E-state index >= 15 is 0 Å². The monoisotopic (exact) mass is 469 g/mol. The molecule has 0 aliphatic carbocycles. The van der Waals surface area contributed by atoms with Crippen LogP contribution in [0.1, 0.15) is 40.2 Å². The van der Waals surface area contributed by atoms with Gasteiger partial charge in [-0.3, -0.25) is 10.1 Å². The third-order valence-corrected chi connectivity index (χ3v) is 4.45. The van der Waals surface area contributed by atoms with Gasteiger partial charge >= 0.3 is 15.5 Å². The second kappa shape index (κ2) is 12.4. The molecular weight excluding hydrogens is 446 g/mol. The van der Waals surface area contributed by atoms with E-state index in [-0.39, 0.29) is 22.0 Å². The molecule has 0 amide bonds. The summed E-state index contributed by atoms with van der Waals surface area (Å²) in [4.78, 5) is 0. The predicted molar refractivity (Wildman–Crippen MR) is 115 cm³/mol. The van der Waals surface area contributed by atoms with Gasteiger partial charge in [0.15, 0.2) is 0 Å². The lowest BCUT2D eigenvalue weighted by atomic mass is 10.1. The molecule has 11 heteroatoms. The molecular formula is C19H24ClF4N3O2S. The quantitative estimate of drug-likeness (QED) is 0.293. The van der Waals surface area contributed by atoms with Gasteiger partial charge < -0.3 is 0 Å². The fraction of sp³-hybridized carbons (Fsp3) is 0.316. The SMILES string of the molecule is C/C(=N\Nc1ccc(F)cc1)c1cc(Cl)ccc1NS(=O)(=O)C(F)(F)F.CC.CC. The average Bonchev–Trinajstić information content (AvgIpc) is 2.70. The van der Waals surface area contributed by atoms with Crippen LogP contribution in [-0.4, -0.2) is 19.6 Å². The highest BCUT2D eigenvalue weighted by atomic mass is 35.5. The standard InChI is InChI=1S/C15H12ClF4N3O2S.2C2H6/c1-9(21-22-12-5-3-11(17)4-6-12)13-8-10(16)2-7-14(13)23-26(24,25)15(18,19)20;2*1-2/h2-8,22-23H,1H3;2*1-2H3/b21-9+;;. The maximum Gasteiger partial charge on any atom is 0.516 e. The minimum atomic E-state index is -5.60. The summed E-state index contributed by atoms with van der Waals surface area (Å²) in [6.45, 7) is 9.44. The van der Waals surface area contributed by atoms with Crippen LogP contribution in [0.4, 0.5) is 28.9 Å². The summed E-state index contributed by atoms with van der Waals surface area (Å²) < 4.78 is 74.8. The van der Waals surface area contributed by atoms with Gasteiger partial charge in [0.2, 0.25) is 0 Å². The third kappa shape index (κ3) is 8.19. The van der Waals surface area contributed by atoms with Crippen molar-refractivity contribution in [1.82, 2.24) is 0 Å². The Kier molecular flexibility index (Phi) is 11.4. The maximum absolute atomic E-state index is 12.9. The summed E-state index contributed by atoms with van der Waals surface area (Å²) in [5.41, 5.74) is -2.61. The van der Waals surface area contributed by atoms with Gasteiger partial charge in [0.05, 0.1) is 17.1 Å². The van der Waals surface area contributed by atoms with Crippen LogP contribution in [0.2, 0.25) is 5.02 Å². The Morgan fingerprint density at radius 3 is 2.03 bits per heavy atom. The third-order valence-electron chi connectivity index (χ3n) is 3.12. The van der Waals surface area contributed by atoms with Crippen LogP contribution in [-0.2, 0) is 10.0 Å². The molecule has 0 saturated carbocycles. The summed E-state index contributed by atoms with van der Waals surface area (Å²) in [7, 11) is -5.60. The van der Waals surface area contributed by atoms with Crippen LogP contribution in [0.3, 0.4) is 0 Å². The van der Waals surface area contributed by atoms with Crippen molar-refractivity contribution in [2.45, 2.75) is 40.1 Å². The number of hydrazone groups is 1. The zero-order valence-corrected chi connectivity index (χ0v) is 18.7. The topological polar surface area (TPSA) is 70.6 Å². The van der Waals surface area contributed by atoms with Crippen LogP contribution in [0.25, 0.3) is 0 Å². The minimum Gasteiger partial charge on any atom is -0.278 e. The first-order valence-electron chi connectivity index (χ1n) is 8.94. The van der Waals surface area contributed by atoms with E-state index in [1.807, 2.05) is 27.7 Å². The number of hydrogen-bond donors (Lipinski definition) is 2. The number of rotatable bonds is 5. The highest BCUT2D eigenvalue weighted by molar-refractivity contribution is 7.93. The number of nitrogens with zero attached hydrogens (tertiary/aromatic N) is 1. The largest absolute Gasteiger partial charge is 0.516 e. The molecule has 0 aromatic heterocycles. The molecule has 0 saturated heterocycles. The molecule has 5 nitrogen and oxygen atoms in total. The van der Waals surface area contributed by atoms with Crippen LogP contribution < -0.4 is 10.1 Å². The van der Waals surface area contributed by atoms with Gasteiger partial charge in [0.1, 0.15) is 5.82 Å². The minimum absolute atomic E-state index is 0.0416. The molecule has 0 spiro atoms. The molecule has 30 heavy (non-hydrogen) atoms. The maximum atomic E-state index is 12.9. The molecule has 0 aliphatic heterocycles. The van der Waals surface area contributed by atoms with E-state index in [0.717, 1.165) is 6.07 Å². The van der Waals surface area contributed by atoms with Crippen molar-refractivity contribution in [1.29, 1.82) is 0 Å². The number of alkyl halides is 3. The zero-order chi connectivity index (χ0) is 23.5. The first-order valence-corrected chi connectivity index (χ1v) is 10.8. The summed E-state index contributed by atoms with van der Waals surface area (Å²) in [6, 6.07) is 8.78. The average molecular weight is 470 g/mol. The number of halogens is 5. The number of anilines is 2. The summed E-state index contributed by atoms with van der Waals surface area (Å²) in [6.07, 6.45) is 0. The summed E-state index contributed by atoms with van der Waals surface area (Å²) in [5.74, 6) is -0.449. The van der Waals surface area contributed by atoms with Crippen LogP contribution >= 0.6 is 11.6 Å². The van der Waals surface area contributed by atoms with Gasteiger partial charge in [-0.2, -0.15) is 26.7 Å². The van der Waals surface area contributed by atoms with Gasteiger partial charge in [0, 0.05) is 10.6 Å². The fourth-order valence-electron chi connectivity index (χ4n) is 1.84. The Balaban J connectivity index is 0.00000198. The smallest absolute Gasteiger partial charge is 0.278 e. The predicted octanol–water partition coefficient (Wildman–Crippen LogP) is 6.63. The summed E-state index contributed by atoms with van der Waals surface area (Å²) >= 11 is 5.84. The van der Waals surface area contributed by atoms with Crippen molar-refractivity contribution >= 4 is 38.7 Å². The van der Waals surface area contributed by atoms with Crippen molar-refractivity contribution in [3.05, 3.63) is 58.9 Å². The number of sulfonamides is 1. The van der Waals surface area contributed by atoms with E-state index in [4.69, 9.17) is 11.6 Å². The summed E-state index contributed by atoms with van der Waals surface area (Å²) in [5, 5.41) is 4.13. The first-order chi connectivity index (χ1) is 14.0. The van der Waals surface area contributed by atoms with E-state index in [0.29, 0.717) is 5.69 Å². The van der Waals surface area contributed by atoms with E-state index < -0.39 is 21.3 Å². The van der Waals surface area contributed by atoms with E-state index in [1.165, 1.54) is 48.0 Å². The van der Waals surface area contributed by atoms with Gasteiger partial charge in [-0.25, -0.2) is 4.39 Å².